The lowest BCUT2D eigenvalue weighted by molar-refractivity contribution is 0.0955. The van der Waals surface area contributed by atoms with Crippen molar-refractivity contribution in [1.29, 1.82) is 0 Å². The molecular weight excluding hydrogens is 212 g/mol. The molecule has 1 saturated carbocycles. The molecule has 2 rings (SSSR count). The zero-order valence-corrected chi connectivity index (χ0v) is 10.9. The van der Waals surface area contributed by atoms with E-state index in [9.17, 15) is 4.79 Å². The number of hydrogen-bond acceptors (Lipinski definition) is 2. The Morgan fingerprint density at radius 1 is 1.24 bits per heavy atom. The Morgan fingerprint density at radius 2 is 1.88 bits per heavy atom. The number of furan rings is 1. The van der Waals surface area contributed by atoms with E-state index in [1.54, 1.807) is 0 Å². The Hall–Kier alpha value is -1.05. The average molecular weight is 234 g/mol. The summed E-state index contributed by atoms with van der Waals surface area (Å²) < 4.78 is 5.43. The summed E-state index contributed by atoms with van der Waals surface area (Å²) in [5.41, 5.74) is 0.798. The minimum atomic E-state index is 0.270. The molecular formula is C15H22O2. The van der Waals surface area contributed by atoms with Crippen LogP contribution in [0.5, 0.6) is 0 Å². The molecule has 1 heterocycles. The number of ketones is 1. The second-order valence-electron chi connectivity index (χ2n) is 5.31. The second kappa shape index (κ2) is 5.52. The smallest absolute Gasteiger partial charge is 0.166 e. The normalized spacial score (nSPS) is 18.0. The van der Waals surface area contributed by atoms with Crippen LogP contribution in [0.15, 0.2) is 10.5 Å². The Bertz CT molecular complexity index is 382. The minimum absolute atomic E-state index is 0.270. The molecule has 1 aromatic rings. The predicted octanol–water partition coefficient (Wildman–Crippen LogP) is 4.44. The molecule has 0 N–H and O–H groups in total. The molecule has 0 atom stereocenters. The zero-order chi connectivity index (χ0) is 12.3. The van der Waals surface area contributed by atoms with Crippen LogP contribution in [-0.4, -0.2) is 5.78 Å². The fourth-order valence-electron chi connectivity index (χ4n) is 2.85. The van der Waals surface area contributed by atoms with Crippen molar-refractivity contribution in [2.75, 3.05) is 0 Å². The fourth-order valence-corrected chi connectivity index (χ4v) is 2.85. The van der Waals surface area contributed by atoms with Crippen molar-refractivity contribution in [2.24, 2.45) is 5.92 Å². The van der Waals surface area contributed by atoms with Gasteiger partial charge in [-0.2, -0.15) is 0 Å². The lowest BCUT2D eigenvalue weighted by Crippen LogP contribution is -2.08. The summed E-state index contributed by atoms with van der Waals surface area (Å²) in [6, 6.07) is 1.88. The maximum atomic E-state index is 12.2. The van der Waals surface area contributed by atoms with Crippen molar-refractivity contribution >= 4 is 5.78 Å². The van der Waals surface area contributed by atoms with Gasteiger partial charge in [-0.25, -0.2) is 0 Å². The molecule has 0 bridgehead atoms. The second-order valence-corrected chi connectivity index (χ2v) is 5.31. The summed E-state index contributed by atoms with van der Waals surface area (Å²) >= 11 is 0. The Kier molecular flexibility index (Phi) is 4.03. The van der Waals surface area contributed by atoms with E-state index in [0.29, 0.717) is 12.3 Å². The van der Waals surface area contributed by atoms with Gasteiger partial charge in [0.25, 0.3) is 0 Å². The number of hydrogen-bond donors (Lipinski definition) is 0. The summed E-state index contributed by atoms with van der Waals surface area (Å²) in [6.45, 7) is 3.78. The van der Waals surface area contributed by atoms with Crippen LogP contribution in [0.2, 0.25) is 0 Å². The third-order valence-electron chi connectivity index (χ3n) is 3.79. The standard InChI is InChI=1S/C15H22O2/c1-11-9-14(12(2)17-11)15(16)10-13-7-5-3-4-6-8-13/h9,13H,3-8,10H2,1-2H3. The molecule has 0 spiro atoms. The van der Waals surface area contributed by atoms with Crippen LogP contribution in [-0.2, 0) is 0 Å². The van der Waals surface area contributed by atoms with E-state index in [-0.39, 0.29) is 5.78 Å². The van der Waals surface area contributed by atoms with Gasteiger partial charge < -0.3 is 4.42 Å². The third kappa shape index (κ3) is 3.21. The van der Waals surface area contributed by atoms with Gasteiger partial charge in [0.2, 0.25) is 0 Å². The van der Waals surface area contributed by atoms with Crippen LogP contribution in [0.4, 0.5) is 0 Å². The number of aryl methyl sites for hydroxylation is 2. The molecule has 1 aliphatic rings. The molecule has 0 amide bonds. The Balaban J connectivity index is 1.98. The van der Waals surface area contributed by atoms with E-state index in [2.05, 4.69) is 0 Å². The van der Waals surface area contributed by atoms with Gasteiger partial charge in [0.15, 0.2) is 5.78 Å². The van der Waals surface area contributed by atoms with Gasteiger partial charge in [0, 0.05) is 6.42 Å². The molecule has 1 aromatic heterocycles. The summed E-state index contributed by atoms with van der Waals surface area (Å²) in [4.78, 5) is 12.2. The lowest BCUT2D eigenvalue weighted by atomic mass is 9.92. The van der Waals surface area contributed by atoms with E-state index in [0.717, 1.165) is 17.1 Å². The molecule has 0 aromatic carbocycles. The largest absolute Gasteiger partial charge is 0.466 e. The molecule has 17 heavy (non-hydrogen) atoms. The first-order valence-corrected chi connectivity index (χ1v) is 6.77. The highest BCUT2D eigenvalue weighted by Crippen LogP contribution is 2.27. The number of carbonyl (C=O) groups is 1. The summed E-state index contributed by atoms with van der Waals surface area (Å²) in [5.74, 6) is 2.48. The number of carbonyl (C=O) groups excluding carboxylic acids is 1. The van der Waals surface area contributed by atoms with E-state index in [1.165, 1.54) is 38.5 Å². The van der Waals surface area contributed by atoms with Gasteiger partial charge in [-0.15, -0.1) is 0 Å². The van der Waals surface area contributed by atoms with E-state index in [4.69, 9.17) is 4.42 Å². The van der Waals surface area contributed by atoms with Crippen LogP contribution in [0.3, 0.4) is 0 Å². The quantitative estimate of drug-likeness (QED) is 0.571. The molecule has 2 nitrogen and oxygen atoms in total. The molecule has 0 unspecified atom stereocenters. The minimum Gasteiger partial charge on any atom is -0.466 e. The highest BCUT2D eigenvalue weighted by atomic mass is 16.3. The van der Waals surface area contributed by atoms with Crippen molar-refractivity contribution in [3.63, 3.8) is 0 Å². The number of Topliss-reactive ketones (excluding diaryl/α,β-unsaturated/α-hetero) is 1. The Labute approximate surface area is 103 Å². The lowest BCUT2D eigenvalue weighted by Gasteiger charge is -2.12. The monoisotopic (exact) mass is 234 g/mol. The molecule has 1 fully saturated rings. The summed E-state index contributed by atoms with van der Waals surface area (Å²) in [5, 5.41) is 0. The van der Waals surface area contributed by atoms with Crippen LogP contribution < -0.4 is 0 Å². The summed E-state index contributed by atoms with van der Waals surface area (Å²) in [7, 11) is 0. The SMILES string of the molecule is Cc1cc(C(=O)CC2CCCCCC2)c(C)o1. The average Bonchev–Trinajstić information content (AvgIpc) is 2.51. The van der Waals surface area contributed by atoms with Crippen LogP contribution in [0.1, 0.15) is 66.8 Å². The first-order chi connectivity index (χ1) is 8.16. The van der Waals surface area contributed by atoms with Crippen molar-refractivity contribution in [3.05, 3.63) is 23.2 Å². The van der Waals surface area contributed by atoms with Gasteiger partial charge >= 0.3 is 0 Å². The highest BCUT2D eigenvalue weighted by molar-refractivity contribution is 5.97. The van der Waals surface area contributed by atoms with Crippen molar-refractivity contribution in [3.8, 4) is 0 Å². The maximum Gasteiger partial charge on any atom is 0.166 e. The van der Waals surface area contributed by atoms with Gasteiger partial charge in [-0.1, -0.05) is 38.5 Å². The molecule has 0 radical (unpaired) electrons. The van der Waals surface area contributed by atoms with Crippen molar-refractivity contribution in [2.45, 2.75) is 58.8 Å². The molecule has 0 saturated heterocycles. The van der Waals surface area contributed by atoms with Gasteiger partial charge in [-0.3, -0.25) is 4.79 Å². The predicted molar refractivity (Wildman–Crippen MR) is 68.3 cm³/mol. The fraction of sp³-hybridized carbons (Fsp3) is 0.667. The first-order valence-electron chi connectivity index (χ1n) is 6.77. The molecule has 2 heteroatoms. The van der Waals surface area contributed by atoms with Crippen molar-refractivity contribution in [1.82, 2.24) is 0 Å². The van der Waals surface area contributed by atoms with E-state index < -0.39 is 0 Å². The maximum absolute atomic E-state index is 12.2. The van der Waals surface area contributed by atoms with Crippen LogP contribution in [0.25, 0.3) is 0 Å². The third-order valence-corrected chi connectivity index (χ3v) is 3.79. The van der Waals surface area contributed by atoms with Crippen molar-refractivity contribution < 1.29 is 9.21 Å². The topological polar surface area (TPSA) is 30.2 Å². The molecule has 94 valence electrons. The summed E-state index contributed by atoms with van der Waals surface area (Å²) in [6.07, 6.45) is 8.43. The molecule has 0 aliphatic heterocycles. The van der Waals surface area contributed by atoms with Gasteiger partial charge in [0.1, 0.15) is 11.5 Å². The zero-order valence-electron chi connectivity index (χ0n) is 10.9. The van der Waals surface area contributed by atoms with E-state index >= 15 is 0 Å². The van der Waals surface area contributed by atoms with E-state index in [1.807, 2.05) is 19.9 Å². The van der Waals surface area contributed by atoms with Crippen LogP contribution >= 0.6 is 0 Å². The first kappa shape index (κ1) is 12.4. The molecule has 1 aliphatic carbocycles. The van der Waals surface area contributed by atoms with Gasteiger partial charge in [0.05, 0.1) is 5.56 Å². The Morgan fingerprint density at radius 3 is 2.41 bits per heavy atom. The van der Waals surface area contributed by atoms with Gasteiger partial charge in [-0.05, 0) is 25.8 Å². The highest BCUT2D eigenvalue weighted by Gasteiger charge is 2.19. The number of rotatable bonds is 3. The van der Waals surface area contributed by atoms with Crippen LogP contribution in [0, 0.1) is 19.8 Å².